The molecule has 1 aromatic heterocycles. The molecule has 0 fully saturated rings. The second kappa shape index (κ2) is 3.11. The standard InChI is InChI=1S/C9H14N2O/c1-9(2,7-10)11-5-3-8(12)4-6-11/h3-6H,7,10H2,1-2H3. The van der Waals surface area contributed by atoms with E-state index >= 15 is 0 Å². The molecular formula is C9H14N2O. The van der Waals surface area contributed by atoms with E-state index < -0.39 is 0 Å². The molecule has 0 spiro atoms. The average Bonchev–Trinajstić information content (AvgIpc) is 2.05. The summed E-state index contributed by atoms with van der Waals surface area (Å²) in [5, 5.41) is 0. The molecule has 0 atom stereocenters. The fraction of sp³-hybridized carbons (Fsp3) is 0.444. The van der Waals surface area contributed by atoms with Crippen LogP contribution >= 0.6 is 0 Å². The summed E-state index contributed by atoms with van der Waals surface area (Å²) < 4.78 is 1.94. The van der Waals surface area contributed by atoms with Gasteiger partial charge in [-0.2, -0.15) is 0 Å². The Morgan fingerprint density at radius 1 is 1.42 bits per heavy atom. The monoisotopic (exact) mass is 166 g/mol. The molecule has 3 nitrogen and oxygen atoms in total. The summed E-state index contributed by atoms with van der Waals surface area (Å²) in [6, 6.07) is 3.08. The lowest BCUT2D eigenvalue weighted by molar-refractivity contribution is 0.364. The molecule has 66 valence electrons. The van der Waals surface area contributed by atoms with Crippen LogP contribution in [-0.2, 0) is 5.54 Å². The summed E-state index contributed by atoms with van der Waals surface area (Å²) >= 11 is 0. The lowest BCUT2D eigenvalue weighted by Gasteiger charge is -2.26. The number of hydrogen-bond acceptors (Lipinski definition) is 2. The van der Waals surface area contributed by atoms with Crippen LogP contribution in [0.15, 0.2) is 29.3 Å². The fourth-order valence-electron chi connectivity index (χ4n) is 0.922. The number of hydrogen-bond donors (Lipinski definition) is 1. The highest BCUT2D eigenvalue weighted by Crippen LogP contribution is 2.10. The third-order valence-corrected chi connectivity index (χ3v) is 2.00. The first kappa shape index (κ1) is 9.00. The second-order valence-electron chi connectivity index (χ2n) is 3.46. The van der Waals surface area contributed by atoms with Crippen LogP contribution in [0.2, 0.25) is 0 Å². The van der Waals surface area contributed by atoms with Crippen molar-refractivity contribution in [3.05, 3.63) is 34.7 Å². The van der Waals surface area contributed by atoms with Gasteiger partial charge in [0, 0.05) is 31.1 Å². The van der Waals surface area contributed by atoms with Gasteiger partial charge >= 0.3 is 0 Å². The first-order valence-electron chi connectivity index (χ1n) is 3.95. The third kappa shape index (κ3) is 1.74. The quantitative estimate of drug-likeness (QED) is 0.697. The molecule has 0 radical (unpaired) electrons. The van der Waals surface area contributed by atoms with Crippen molar-refractivity contribution >= 4 is 0 Å². The molecule has 1 rings (SSSR count). The molecule has 1 aromatic rings. The molecular weight excluding hydrogens is 152 g/mol. The summed E-state index contributed by atoms with van der Waals surface area (Å²) in [5.74, 6) is 0. The smallest absolute Gasteiger partial charge is 0.181 e. The van der Waals surface area contributed by atoms with Crippen molar-refractivity contribution in [1.29, 1.82) is 0 Å². The molecule has 2 N–H and O–H groups in total. The topological polar surface area (TPSA) is 48.0 Å². The van der Waals surface area contributed by atoms with Crippen LogP contribution in [0.3, 0.4) is 0 Å². The average molecular weight is 166 g/mol. The van der Waals surface area contributed by atoms with Crippen LogP contribution < -0.4 is 11.2 Å². The molecule has 3 heteroatoms. The number of nitrogens with zero attached hydrogens (tertiary/aromatic N) is 1. The highest BCUT2D eigenvalue weighted by molar-refractivity contribution is 4.97. The van der Waals surface area contributed by atoms with Crippen molar-refractivity contribution in [2.24, 2.45) is 5.73 Å². The van der Waals surface area contributed by atoms with Gasteiger partial charge in [0.25, 0.3) is 0 Å². The van der Waals surface area contributed by atoms with Gasteiger partial charge in [0.15, 0.2) is 5.43 Å². The minimum atomic E-state index is -0.117. The summed E-state index contributed by atoms with van der Waals surface area (Å²) in [6.45, 7) is 4.60. The summed E-state index contributed by atoms with van der Waals surface area (Å²) in [4.78, 5) is 10.8. The zero-order chi connectivity index (χ0) is 9.19. The van der Waals surface area contributed by atoms with Crippen molar-refractivity contribution in [3.63, 3.8) is 0 Å². The van der Waals surface area contributed by atoms with Crippen LogP contribution in [-0.4, -0.2) is 11.1 Å². The molecule has 0 amide bonds. The van der Waals surface area contributed by atoms with E-state index in [0.717, 1.165) is 0 Å². The van der Waals surface area contributed by atoms with E-state index in [-0.39, 0.29) is 11.0 Å². The van der Waals surface area contributed by atoms with E-state index in [1.54, 1.807) is 12.4 Å². The Labute approximate surface area is 71.8 Å². The maximum atomic E-state index is 10.8. The molecule has 1 heterocycles. The Morgan fingerprint density at radius 3 is 2.33 bits per heavy atom. The van der Waals surface area contributed by atoms with E-state index in [2.05, 4.69) is 0 Å². The van der Waals surface area contributed by atoms with Crippen molar-refractivity contribution in [3.8, 4) is 0 Å². The van der Waals surface area contributed by atoms with Gasteiger partial charge in [-0.25, -0.2) is 0 Å². The molecule has 0 aliphatic heterocycles. The normalized spacial score (nSPS) is 11.6. The first-order chi connectivity index (χ1) is 5.56. The van der Waals surface area contributed by atoms with E-state index in [1.165, 1.54) is 12.1 Å². The molecule has 0 saturated heterocycles. The van der Waals surface area contributed by atoms with Gasteiger partial charge < -0.3 is 10.3 Å². The Morgan fingerprint density at radius 2 is 1.92 bits per heavy atom. The van der Waals surface area contributed by atoms with Crippen LogP contribution in [0.25, 0.3) is 0 Å². The fourth-order valence-corrected chi connectivity index (χ4v) is 0.922. The number of aromatic nitrogens is 1. The summed E-state index contributed by atoms with van der Waals surface area (Å²) in [5.41, 5.74) is 5.49. The van der Waals surface area contributed by atoms with Crippen molar-refractivity contribution in [2.45, 2.75) is 19.4 Å². The zero-order valence-electron chi connectivity index (χ0n) is 7.45. The molecule has 0 aliphatic rings. The van der Waals surface area contributed by atoms with Gasteiger partial charge in [-0.1, -0.05) is 0 Å². The van der Waals surface area contributed by atoms with Crippen molar-refractivity contribution in [1.82, 2.24) is 4.57 Å². The third-order valence-electron chi connectivity index (χ3n) is 2.00. The maximum Gasteiger partial charge on any atom is 0.181 e. The van der Waals surface area contributed by atoms with Gasteiger partial charge in [0.1, 0.15) is 0 Å². The van der Waals surface area contributed by atoms with Crippen LogP contribution in [0, 0.1) is 0 Å². The molecule has 0 aliphatic carbocycles. The lowest BCUT2D eigenvalue weighted by Crippen LogP contribution is -2.35. The molecule has 0 aromatic carbocycles. The number of rotatable bonds is 2. The molecule has 0 unspecified atom stereocenters. The Hall–Kier alpha value is -1.09. The number of pyridine rings is 1. The van der Waals surface area contributed by atoms with Gasteiger partial charge in [0.2, 0.25) is 0 Å². The SMILES string of the molecule is CC(C)(CN)n1ccc(=O)cc1. The van der Waals surface area contributed by atoms with Gasteiger partial charge in [-0.05, 0) is 13.8 Å². The highest BCUT2D eigenvalue weighted by atomic mass is 16.1. The first-order valence-corrected chi connectivity index (χ1v) is 3.95. The maximum absolute atomic E-state index is 10.8. The Bertz CT molecular complexity index is 294. The summed E-state index contributed by atoms with van der Waals surface area (Å²) in [7, 11) is 0. The van der Waals surface area contributed by atoms with Crippen LogP contribution in [0.4, 0.5) is 0 Å². The second-order valence-corrected chi connectivity index (χ2v) is 3.46. The van der Waals surface area contributed by atoms with E-state index in [4.69, 9.17) is 5.73 Å². The zero-order valence-corrected chi connectivity index (χ0v) is 7.45. The van der Waals surface area contributed by atoms with Crippen LogP contribution in [0.5, 0.6) is 0 Å². The lowest BCUT2D eigenvalue weighted by atomic mass is 10.1. The van der Waals surface area contributed by atoms with Crippen molar-refractivity contribution in [2.75, 3.05) is 6.54 Å². The van der Waals surface area contributed by atoms with Crippen LogP contribution in [0.1, 0.15) is 13.8 Å². The Kier molecular flexibility index (Phi) is 2.33. The highest BCUT2D eigenvalue weighted by Gasteiger charge is 2.15. The Balaban J connectivity index is 3.04. The predicted molar refractivity (Wildman–Crippen MR) is 49.1 cm³/mol. The van der Waals surface area contributed by atoms with Gasteiger partial charge in [0.05, 0.1) is 5.54 Å². The van der Waals surface area contributed by atoms with E-state index in [0.29, 0.717) is 6.54 Å². The van der Waals surface area contributed by atoms with E-state index in [1.807, 2.05) is 18.4 Å². The minimum absolute atomic E-state index is 0.0269. The predicted octanol–water partition coefficient (Wildman–Crippen LogP) is 0.542. The largest absolute Gasteiger partial charge is 0.347 e. The number of nitrogens with two attached hydrogens (primary N) is 1. The van der Waals surface area contributed by atoms with Crippen molar-refractivity contribution < 1.29 is 0 Å². The van der Waals surface area contributed by atoms with Gasteiger partial charge in [-0.15, -0.1) is 0 Å². The van der Waals surface area contributed by atoms with Gasteiger partial charge in [-0.3, -0.25) is 4.79 Å². The minimum Gasteiger partial charge on any atom is -0.347 e. The van der Waals surface area contributed by atoms with E-state index in [9.17, 15) is 4.79 Å². The molecule has 0 bridgehead atoms. The summed E-state index contributed by atoms with van der Waals surface area (Å²) in [6.07, 6.45) is 3.52. The molecule has 0 saturated carbocycles. The molecule has 12 heavy (non-hydrogen) atoms.